The molecule has 5 rings (SSSR count). The molecule has 1 fully saturated rings. The Morgan fingerprint density at radius 1 is 1.00 bits per heavy atom. The monoisotopic (exact) mass is 455 g/mol. The fourth-order valence-electron chi connectivity index (χ4n) is 4.73. The third-order valence-corrected chi connectivity index (χ3v) is 6.57. The van der Waals surface area contributed by atoms with E-state index >= 15 is 0 Å². The predicted octanol–water partition coefficient (Wildman–Crippen LogP) is 4.31. The molecule has 0 aliphatic carbocycles. The van der Waals surface area contributed by atoms with E-state index in [1.165, 1.54) is 10.6 Å². The van der Waals surface area contributed by atoms with E-state index in [9.17, 15) is 9.90 Å². The fraction of sp³-hybridized carbons (Fsp3) is 0.296. The molecule has 1 atom stereocenters. The maximum atomic E-state index is 13.4. The Labute approximate surface area is 199 Å². The van der Waals surface area contributed by atoms with Gasteiger partial charge >= 0.3 is 6.03 Å². The van der Waals surface area contributed by atoms with Crippen LogP contribution in [0.4, 0.5) is 4.79 Å². The highest BCUT2D eigenvalue weighted by atomic mass is 16.3. The number of aromatic nitrogens is 1. The number of likely N-dealkylation sites (tertiary alicyclic amines) is 1. The van der Waals surface area contributed by atoms with Gasteiger partial charge in [-0.15, -0.1) is 0 Å². The fourth-order valence-corrected chi connectivity index (χ4v) is 4.73. The summed E-state index contributed by atoms with van der Waals surface area (Å²) in [6.45, 7) is 2.81. The van der Waals surface area contributed by atoms with E-state index in [1.54, 1.807) is 24.5 Å². The highest BCUT2D eigenvalue weighted by molar-refractivity contribution is 6.02. The molecule has 0 spiro atoms. The van der Waals surface area contributed by atoms with Crippen LogP contribution >= 0.6 is 0 Å². The van der Waals surface area contributed by atoms with Gasteiger partial charge < -0.3 is 10.4 Å². The number of hydrogen-bond acceptors (Lipinski definition) is 5. The maximum Gasteiger partial charge on any atom is 0.338 e. The Kier molecular flexibility index (Phi) is 6.53. The van der Waals surface area contributed by atoms with Gasteiger partial charge in [0.15, 0.2) is 0 Å². The highest BCUT2D eigenvalue weighted by Gasteiger charge is 2.35. The lowest BCUT2D eigenvalue weighted by molar-refractivity contribution is 0.161. The van der Waals surface area contributed by atoms with Crippen molar-refractivity contribution in [2.75, 3.05) is 13.1 Å². The average Bonchev–Trinajstić information content (AvgIpc) is 3.32. The van der Waals surface area contributed by atoms with Gasteiger partial charge in [-0.2, -0.15) is 5.10 Å². The van der Waals surface area contributed by atoms with Crippen LogP contribution in [0.5, 0.6) is 5.75 Å². The van der Waals surface area contributed by atoms with E-state index in [0.717, 1.165) is 43.8 Å². The molecule has 3 aromatic rings. The van der Waals surface area contributed by atoms with Crippen LogP contribution in [0.15, 0.2) is 84.2 Å². The molecule has 0 saturated carbocycles. The van der Waals surface area contributed by atoms with E-state index in [0.29, 0.717) is 12.0 Å². The predicted molar refractivity (Wildman–Crippen MR) is 131 cm³/mol. The van der Waals surface area contributed by atoms with Crippen LogP contribution in [0.2, 0.25) is 0 Å². The van der Waals surface area contributed by atoms with Gasteiger partial charge in [-0.3, -0.25) is 9.88 Å². The van der Waals surface area contributed by atoms with Crippen molar-refractivity contribution < 1.29 is 9.90 Å². The molecule has 2 aliphatic heterocycles. The molecule has 1 aromatic heterocycles. The van der Waals surface area contributed by atoms with Crippen molar-refractivity contribution >= 4 is 11.7 Å². The van der Waals surface area contributed by atoms with Gasteiger partial charge in [-0.25, -0.2) is 9.80 Å². The van der Waals surface area contributed by atoms with Crippen LogP contribution in [0.1, 0.15) is 42.0 Å². The summed E-state index contributed by atoms with van der Waals surface area (Å²) in [4.78, 5) is 20.0. The normalized spacial score (nSPS) is 19.1. The lowest BCUT2D eigenvalue weighted by Gasteiger charge is -2.33. The van der Waals surface area contributed by atoms with E-state index in [-0.39, 0.29) is 23.9 Å². The Hall–Kier alpha value is -3.71. The summed E-state index contributed by atoms with van der Waals surface area (Å²) >= 11 is 0. The zero-order chi connectivity index (χ0) is 23.3. The Balaban J connectivity index is 1.27. The zero-order valence-electron chi connectivity index (χ0n) is 19.0. The minimum atomic E-state index is -0.366. The van der Waals surface area contributed by atoms with Crippen LogP contribution in [0.25, 0.3) is 0 Å². The molecule has 174 valence electrons. The van der Waals surface area contributed by atoms with Crippen LogP contribution in [-0.4, -0.2) is 50.9 Å². The molecular formula is C27H29N5O2. The molecule has 0 bridgehead atoms. The van der Waals surface area contributed by atoms with E-state index in [1.807, 2.05) is 30.3 Å². The molecule has 0 radical (unpaired) electrons. The first-order valence-corrected chi connectivity index (χ1v) is 11.8. The zero-order valence-corrected chi connectivity index (χ0v) is 19.0. The number of hydrazone groups is 1. The van der Waals surface area contributed by atoms with Crippen molar-refractivity contribution in [2.24, 2.45) is 5.10 Å². The molecule has 1 unspecified atom stereocenters. The molecule has 2 aromatic carbocycles. The lowest BCUT2D eigenvalue weighted by Crippen LogP contribution is -2.48. The maximum absolute atomic E-state index is 13.4. The smallest absolute Gasteiger partial charge is 0.338 e. The van der Waals surface area contributed by atoms with Gasteiger partial charge in [0.25, 0.3) is 0 Å². The summed E-state index contributed by atoms with van der Waals surface area (Å²) in [5.41, 5.74) is 3.67. The third kappa shape index (κ3) is 4.94. The number of aromatic hydroxyl groups is 1. The number of para-hydroxylation sites is 1. The Bertz CT molecular complexity index is 1140. The number of phenols is 1. The number of amides is 2. The number of carbonyl (C=O) groups excluding carboxylic acids is 1. The van der Waals surface area contributed by atoms with E-state index in [2.05, 4.69) is 44.6 Å². The second-order valence-electron chi connectivity index (χ2n) is 8.90. The molecule has 7 nitrogen and oxygen atoms in total. The summed E-state index contributed by atoms with van der Waals surface area (Å²) < 4.78 is 0. The topological polar surface area (TPSA) is 81.1 Å². The Morgan fingerprint density at radius 2 is 1.76 bits per heavy atom. The third-order valence-electron chi connectivity index (χ3n) is 6.57. The summed E-state index contributed by atoms with van der Waals surface area (Å²) in [7, 11) is 0. The van der Waals surface area contributed by atoms with Gasteiger partial charge in [0.2, 0.25) is 0 Å². The van der Waals surface area contributed by atoms with Crippen molar-refractivity contribution in [3.63, 3.8) is 0 Å². The standard InChI is InChI=1S/C27H29N5O2/c33-26-11-5-4-10-23(26)25-17-24(21-9-6-14-28-18-21)30-32(25)27(34)29-22-12-15-31(16-13-22)19-20-7-2-1-3-8-20/h1-11,14,18,22,25,33H,12-13,15-17,19H2,(H,29,34). The number of hydrogen-bond donors (Lipinski definition) is 2. The first-order valence-electron chi connectivity index (χ1n) is 11.8. The number of nitrogens with zero attached hydrogens (tertiary/aromatic N) is 4. The molecule has 34 heavy (non-hydrogen) atoms. The van der Waals surface area contributed by atoms with Crippen molar-refractivity contribution in [3.05, 3.63) is 95.8 Å². The molecule has 2 N–H and O–H groups in total. The van der Waals surface area contributed by atoms with Crippen LogP contribution in [0.3, 0.4) is 0 Å². The largest absolute Gasteiger partial charge is 0.508 e. The summed E-state index contributed by atoms with van der Waals surface area (Å²) in [6.07, 6.45) is 5.78. The second kappa shape index (κ2) is 10.1. The first kappa shape index (κ1) is 22.1. The van der Waals surface area contributed by atoms with Crippen molar-refractivity contribution in [1.29, 1.82) is 0 Å². The summed E-state index contributed by atoms with van der Waals surface area (Å²) in [5.74, 6) is 0.169. The molecule has 2 amide bonds. The molecule has 7 heteroatoms. The summed E-state index contributed by atoms with van der Waals surface area (Å²) in [5, 5.41) is 19.8. The Morgan fingerprint density at radius 3 is 2.50 bits per heavy atom. The number of pyridine rings is 1. The average molecular weight is 456 g/mol. The van der Waals surface area contributed by atoms with E-state index < -0.39 is 0 Å². The lowest BCUT2D eigenvalue weighted by atomic mass is 9.98. The van der Waals surface area contributed by atoms with Crippen molar-refractivity contribution in [3.8, 4) is 5.75 Å². The molecule has 2 aliphatic rings. The van der Waals surface area contributed by atoms with Crippen LogP contribution < -0.4 is 5.32 Å². The number of phenolic OH excluding ortho intramolecular Hbond substituents is 1. The molecule has 1 saturated heterocycles. The minimum absolute atomic E-state index is 0.0992. The highest BCUT2D eigenvalue weighted by Crippen LogP contribution is 2.36. The van der Waals surface area contributed by atoms with Crippen molar-refractivity contribution in [1.82, 2.24) is 20.2 Å². The quantitative estimate of drug-likeness (QED) is 0.601. The number of benzene rings is 2. The number of carbonyl (C=O) groups is 1. The van der Waals surface area contributed by atoms with Gasteiger partial charge in [0.05, 0.1) is 11.8 Å². The molecule has 3 heterocycles. The van der Waals surface area contributed by atoms with Gasteiger partial charge in [0.1, 0.15) is 5.75 Å². The SMILES string of the molecule is O=C(NC1CCN(Cc2ccccc2)CC1)N1N=C(c2cccnc2)CC1c1ccccc1O. The number of piperidine rings is 1. The molecular weight excluding hydrogens is 426 g/mol. The van der Waals surface area contributed by atoms with Crippen molar-refractivity contribution in [2.45, 2.75) is 37.9 Å². The van der Waals surface area contributed by atoms with Gasteiger partial charge in [0, 0.05) is 55.6 Å². The van der Waals surface area contributed by atoms with Gasteiger partial charge in [-0.05, 0) is 30.5 Å². The number of urea groups is 1. The van der Waals surface area contributed by atoms with E-state index in [4.69, 9.17) is 0 Å². The van der Waals surface area contributed by atoms with Crippen LogP contribution in [0, 0.1) is 0 Å². The second-order valence-corrected chi connectivity index (χ2v) is 8.90. The van der Waals surface area contributed by atoms with Crippen LogP contribution in [-0.2, 0) is 6.54 Å². The first-order chi connectivity index (χ1) is 16.7. The summed E-state index contributed by atoms with van der Waals surface area (Å²) in [6, 6.07) is 20.9. The number of rotatable bonds is 5. The van der Waals surface area contributed by atoms with Gasteiger partial charge in [-0.1, -0.05) is 54.6 Å². The number of nitrogens with one attached hydrogen (secondary N) is 1. The minimum Gasteiger partial charge on any atom is -0.508 e.